The summed E-state index contributed by atoms with van der Waals surface area (Å²) in [6.45, 7) is 3.03. The molecule has 4 rings (SSSR count). The molecule has 0 spiro atoms. The summed E-state index contributed by atoms with van der Waals surface area (Å²) in [5.41, 5.74) is 0. The van der Waals surface area contributed by atoms with Crippen LogP contribution in [0.1, 0.15) is 29.4 Å². The molecule has 110 valence electrons. The number of amides is 1. The fraction of sp³-hybridized carbons (Fsp3) is 0.471. The van der Waals surface area contributed by atoms with Crippen LogP contribution < -0.4 is 5.32 Å². The Hall–Kier alpha value is -1.39. The van der Waals surface area contributed by atoms with Crippen LogP contribution in [0.3, 0.4) is 0 Å². The molecule has 1 saturated carbocycles. The largest absolute Gasteiger partial charge is 0.377 e. The van der Waals surface area contributed by atoms with E-state index in [-0.39, 0.29) is 5.91 Å². The summed E-state index contributed by atoms with van der Waals surface area (Å²) >= 11 is 1.57. The number of carbonyl (C=O) groups is 1. The number of benzene rings is 1. The minimum atomic E-state index is 0.0741. The van der Waals surface area contributed by atoms with Crippen molar-refractivity contribution in [2.45, 2.75) is 31.9 Å². The zero-order chi connectivity index (χ0) is 14.4. The van der Waals surface area contributed by atoms with Crippen LogP contribution in [-0.2, 0) is 4.74 Å². The van der Waals surface area contributed by atoms with Gasteiger partial charge in [-0.3, -0.25) is 4.79 Å². The zero-order valence-corrected chi connectivity index (χ0v) is 12.9. The first-order valence-electron chi connectivity index (χ1n) is 7.69. The minimum Gasteiger partial charge on any atom is -0.377 e. The number of ether oxygens (including phenoxy) is 1. The molecule has 1 aliphatic heterocycles. The van der Waals surface area contributed by atoms with Crippen molar-refractivity contribution < 1.29 is 9.53 Å². The maximum atomic E-state index is 12.5. The van der Waals surface area contributed by atoms with Gasteiger partial charge in [0.25, 0.3) is 5.91 Å². The molecule has 2 aliphatic rings. The van der Waals surface area contributed by atoms with Crippen LogP contribution in [0.25, 0.3) is 10.1 Å². The van der Waals surface area contributed by atoms with Crippen molar-refractivity contribution in [2.24, 2.45) is 11.8 Å². The van der Waals surface area contributed by atoms with Gasteiger partial charge in [-0.1, -0.05) is 25.1 Å². The normalized spacial score (nSPS) is 30.9. The van der Waals surface area contributed by atoms with Crippen LogP contribution in [0.5, 0.6) is 0 Å². The molecule has 1 amide bonds. The van der Waals surface area contributed by atoms with Crippen LogP contribution in [-0.4, -0.2) is 24.7 Å². The molecule has 21 heavy (non-hydrogen) atoms. The quantitative estimate of drug-likeness (QED) is 0.943. The second-order valence-corrected chi connectivity index (χ2v) is 7.09. The summed E-state index contributed by atoms with van der Waals surface area (Å²) in [5.74, 6) is 1.08. The van der Waals surface area contributed by atoms with Crippen molar-refractivity contribution in [3.8, 4) is 0 Å². The number of fused-ring (bicyclic) bond motifs is 2. The Kier molecular flexibility index (Phi) is 3.23. The fourth-order valence-corrected chi connectivity index (χ4v) is 4.81. The van der Waals surface area contributed by atoms with E-state index in [4.69, 9.17) is 4.74 Å². The van der Waals surface area contributed by atoms with Crippen molar-refractivity contribution in [2.75, 3.05) is 6.61 Å². The SMILES string of the molecule is CC[C@@H]1[C@@H](NC(=O)c2cc3ccccc3s2)[C@@H]2CCO[C@H]12. The highest BCUT2D eigenvalue weighted by Crippen LogP contribution is 2.45. The lowest BCUT2D eigenvalue weighted by Crippen LogP contribution is -2.61. The molecule has 1 aliphatic carbocycles. The van der Waals surface area contributed by atoms with E-state index in [1.807, 2.05) is 18.2 Å². The summed E-state index contributed by atoms with van der Waals surface area (Å²) in [6, 6.07) is 10.4. The third-order valence-electron chi connectivity index (χ3n) is 4.95. The molecule has 0 radical (unpaired) electrons. The average molecular weight is 301 g/mol. The summed E-state index contributed by atoms with van der Waals surface area (Å²) in [5, 5.41) is 4.41. The van der Waals surface area contributed by atoms with Gasteiger partial charge in [-0.05, 0) is 30.4 Å². The topological polar surface area (TPSA) is 38.3 Å². The van der Waals surface area contributed by atoms with Crippen LogP contribution in [0.2, 0.25) is 0 Å². The smallest absolute Gasteiger partial charge is 0.261 e. The monoisotopic (exact) mass is 301 g/mol. The first-order valence-corrected chi connectivity index (χ1v) is 8.50. The molecule has 2 aromatic rings. The van der Waals surface area contributed by atoms with Gasteiger partial charge < -0.3 is 10.1 Å². The van der Waals surface area contributed by atoms with Gasteiger partial charge in [-0.25, -0.2) is 0 Å². The Labute approximate surface area is 128 Å². The van der Waals surface area contributed by atoms with Crippen molar-refractivity contribution in [1.82, 2.24) is 5.32 Å². The van der Waals surface area contributed by atoms with Gasteiger partial charge >= 0.3 is 0 Å². The van der Waals surface area contributed by atoms with Crippen LogP contribution in [0.15, 0.2) is 30.3 Å². The first-order chi connectivity index (χ1) is 10.3. The molecule has 1 aromatic heterocycles. The van der Waals surface area contributed by atoms with E-state index in [1.54, 1.807) is 11.3 Å². The average Bonchev–Trinajstić information content (AvgIpc) is 3.09. The fourth-order valence-electron chi connectivity index (χ4n) is 3.85. The zero-order valence-electron chi connectivity index (χ0n) is 12.0. The number of nitrogens with one attached hydrogen (secondary N) is 1. The predicted molar refractivity (Wildman–Crippen MR) is 84.7 cm³/mol. The van der Waals surface area contributed by atoms with Crippen molar-refractivity contribution in [1.29, 1.82) is 0 Å². The van der Waals surface area contributed by atoms with Gasteiger partial charge in [-0.2, -0.15) is 0 Å². The van der Waals surface area contributed by atoms with Crippen LogP contribution in [0.4, 0.5) is 0 Å². The molecule has 2 fully saturated rings. The second kappa shape index (κ2) is 5.11. The first kappa shape index (κ1) is 13.3. The van der Waals surface area contributed by atoms with E-state index >= 15 is 0 Å². The van der Waals surface area contributed by atoms with Gasteiger partial charge in [0.2, 0.25) is 0 Å². The van der Waals surface area contributed by atoms with Gasteiger partial charge in [0.05, 0.1) is 11.0 Å². The Morgan fingerprint density at radius 1 is 1.43 bits per heavy atom. The van der Waals surface area contributed by atoms with E-state index in [1.165, 1.54) is 4.70 Å². The highest BCUT2D eigenvalue weighted by molar-refractivity contribution is 7.20. The van der Waals surface area contributed by atoms with Crippen LogP contribution in [0, 0.1) is 11.8 Å². The minimum absolute atomic E-state index is 0.0741. The molecule has 1 aromatic carbocycles. The van der Waals surface area contributed by atoms with E-state index in [9.17, 15) is 4.79 Å². The lowest BCUT2D eigenvalue weighted by molar-refractivity contribution is -0.0544. The number of rotatable bonds is 3. The Balaban J connectivity index is 1.52. The Morgan fingerprint density at radius 2 is 2.29 bits per heavy atom. The highest BCUT2D eigenvalue weighted by Gasteiger charge is 2.53. The maximum absolute atomic E-state index is 12.5. The van der Waals surface area contributed by atoms with Crippen molar-refractivity contribution in [3.05, 3.63) is 35.2 Å². The summed E-state index contributed by atoms with van der Waals surface area (Å²) in [4.78, 5) is 13.3. The van der Waals surface area contributed by atoms with Gasteiger partial charge in [0, 0.05) is 29.2 Å². The highest BCUT2D eigenvalue weighted by atomic mass is 32.1. The predicted octanol–water partition coefficient (Wildman–Crippen LogP) is 3.44. The number of hydrogen-bond acceptors (Lipinski definition) is 3. The lowest BCUT2D eigenvalue weighted by Gasteiger charge is -2.47. The molecule has 1 saturated heterocycles. The maximum Gasteiger partial charge on any atom is 0.261 e. The third kappa shape index (κ3) is 2.09. The van der Waals surface area contributed by atoms with Gasteiger partial charge in [0.1, 0.15) is 0 Å². The van der Waals surface area contributed by atoms with Crippen LogP contribution >= 0.6 is 11.3 Å². The van der Waals surface area contributed by atoms with E-state index in [0.717, 1.165) is 29.7 Å². The number of carbonyl (C=O) groups excluding carboxylic acids is 1. The lowest BCUT2D eigenvalue weighted by atomic mass is 9.65. The standard InChI is InChI=1S/C17H19NO2S/c1-2-11-15(12-7-8-20-16(11)12)18-17(19)14-9-10-5-3-4-6-13(10)21-14/h3-6,9,11-12,15-16H,2,7-8H2,1H3,(H,18,19)/t11-,12+,15-,16-/m1/s1. The molecule has 3 nitrogen and oxygen atoms in total. The molecule has 4 atom stereocenters. The molecule has 0 bridgehead atoms. The molecular weight excluding hydrogens is 282 g/mol. The Morgan fingerprint density at radius 3 is 3.10 bits per heavy atom. The number of thiophene rings is 1. The summed E-state index contributed by atoms with van der Waals surface area (Å²) < 4.78 is 6.94. The third-order valence-corrected chi connectivity index (χ3v) is 6.06. The second-order valence-electron chi connectivity index (χ2n) is 6.01. The van der Waals surface area contributed by atoms with Gasteiger partial charge in [0.15, 0.2) is 0 Å². The summed E-state index contributed by atoms with van der Waals surface area (Å²) in [7, 11) is 0. The molecular formula is C17H19NO2S. The molecule has 1 N–H and O–H groups in total. The molecule has 2 heterocycles. The summed E-state index contributed by atoms with van der Waals surface area (Å²) in [6.07, 6.45) is 2.53. The van der Waals surface area contributed by atoms with Crippen molar-refractivity contribution in [3.63, 3.8) is 0 Å². The van der Waals surface area contributed by atoms with E-state index < -0.39 is 0 Å². The van der Waals surface area contributed by atoms with E-state index in [0.29, 0.717) is 24.0 Å². The number of hydrogen-bond donors (Lipinski definition) is 1. The molecule has 4 heteroatoms. The van der Waals surface area contributed by atoms with Crippen molar-refractivity contribution >= 4 is 27.3 Å². The Bertz CT molecular complexity index is 647. The molecule has 0 unspecified atom stereocenters. The van der Waals surface area contributed by atoms with Gasteiger partial charge in [-0.15, -0.1) is 11.3 Å². The van der Waals surface area contributed by atoms with E-state index in [2.05, 4.69) is 24.4 Å².